The highest BCUT2D eigenvalue weighted by molar-refractivity contribution is 5.99. The highest BCUT2D eigenvalue weighted by Gasteiger charge is 2.35. The molecule has 0 aromatic carbocycles. The lowest BCUT2D eigenvalue weighted by molar-refractivity contribution is -0.0661. The second kappa shape index (κ2) is 2.97. The maximum atomic E-state index is 5.27. The third kappa shape index (κ3) is 1.77. The molecule has 0 rings (SSSR count). The van der Waals surface area contributed by atoms with Gasteiger partial charge in [0.1, 0.15) is 0 Å². The molecule has 0 aromatic heterocycles. The van der Waals surface area contributed by atoms with Crippen LogP contribution in [0.25, 0.3) is 0 Å². The van der Waals surface area contributed by atoms with Gasteiger partial charge in [-0.05, 0) is 27.7 Å². The van der Waals surface area contributed by atoms with Gasteiger partial charge in [0.05, 0.1) is 11.2 Å². The molecule has 0 aliphatic rings. The molecular formula is C6H16B2O2. The van der Waals surface area contributed by atoms with E-state index in [4.69, 9.17) is 9.31 Å². The van der Waals surface area contributed by atoms with Crippen LogP contribution in [0.4, 0.5) is 0 Å². The van der Waals surface area contributed by atoms with E-state index < -0.39 is 0 Å². The minimum absolute atomic E-state index is 0.234. The Bertz CT molecular complexity index is 98.3. The van der Waals surface area contributed by atoms with E-state index in [0.717, 1.165) is 0 Å². The molecule has 0 amide bonds. The van der Waals surface area contributed by atoms with Gasteiger partial charge in [-0.2, -0.15) is 0 Å². The van der Waals surface area contributed by atoms with Gasteiger partial charge in [0, 0.05) is 0 Å². The van der Waals surface area contributed by atoms with Crippen LogP contribution in [-0.2, 0) is 9.31 Å². The van der Waals surface area contributed by atoms with Gasteiger partial charge in [0.15, 0.2) is 0 Å². The van der Waals surface area contributed by atoms with E-state index in [2.05, 4.69) is 0 Å². The summed E-state index contributed by atoms with van der Waals surface area (Å²) >= 11 is 0. The summed E-state index contributed by atoms with van der Waals surface area (Å²) in [6.07, 6.45) is 0. The Kier molecular flexibility index (Phi) is 2.99. The summed E-state index contributed by atoms with van der Waals surface area (Å²) in [7, 11) is 3.39. The monoisotopic (exact) mass is 142 g/mol. The van der Waals surface area contributed by atoms with Crippen LogP contribution in [0, 0.1) is 0 Å². The highest BCUT2D eigenvalue weighted by atomic mass is 16.5. The fourth-order valence-corrected chi connectivity index (χ4v) is 0.492. The standard InChI is InChI=1S/C6H16B2O2/c1-5(2,9-7)6(3,4)10-8/h7-8H2,1-4H3. The molecule has 0 atom stereocenters. The first-order valence-electron chi connectivity index (χ1n) is 3.47. The first-order chi connectivity index (χ1) is 4.37. The maximum absolute atomic E-state index is 5.27. The summed E-state index contributed by atoms with van der Waals surface area (Å²) in [6.45, 7) is 8.04. The van der Waals surface area contributed by atoms with Gasteiger partial charge in [-0.15, -0.1) is 0 Å². The van der Waals surface area contributed by atoms with Crippen LogP contribution in [0.15, 0.2) is 0 Å². The highest BCUT2D eigenvalue weighted by Crippen LogP contribution is 2.26. The Hall–Kier alpha value is 0.0499. The van der Waals surface area contributed by atoms with E-state index >= 15 is 0 Å². The molecule has 0 saturated carbocycles. The van der Waals surface area contributed by atoms with Gasteiger partial charge in [-0.1, -0.05) is 0 Å². The van der Waals surface area contributed by atoms with Gasteiger partial charge >= 0.3 is 0 Å². The normalized spacial score (nSPS) is 13.6. The predicted octanol–water partition coefficient (Wildman–Crippen LogP) is -0.327. The van der Waals surface area contributed by atoms with Crippen LogP contribution in [0.5, 0.6) is 0 Å². The smallest absolute Gasteiger partial charge is 0.258 e. The molecule has 10 heavy (non-hydrogen) atoms. The molecular weight excluding hydrogens is 126 g/mol. The molecule has 0 spiro atoms. The second-order valence-electron chi connectivity index (χ2n) is 3.43. The zero-order valence-electron chi connectivity index (χ0n) is 7.82. The molecule has 58 valence electrons. The van der Waals surface area contributed by atoms with Crippen molar-refractivity contribution in [2.24, 2.45) is 0 Å². The van der Waals surface area contributed by atoms with Crippen LogP contribution in [0.1, 0.15) is 27.7 Å². The maximum Gasteiger partial charge on any atom is 0.258 e. The van der Waals surface area contributed by atoms with Crippen LogP contribution in [0.3, 0.4) is 0 Å². The van der Waals surface area contributed by atoms with Gasteiger partial charge < -0.3 is 9.31 Å². The topological polar surface area (TPSA) is 18.5 Å². The van der Waals surface area contributed by atoms with E-state index in [1.165, 1.54) is 0 Å². The van der Waals surface area contributed by atoms with Crippen molar-refractivity contribution >= 4 is 16.1 Å². The van der Waals surface area contributed by atoms with Gasteiger partial charge in [-0.25, -0.2) is 0 Å². The van der Waals surface area contributed by atoms with Crippen LogP contribution in [-0.4, -0.2) is 27.3 Å². The molecule has 0 aromatic rings. The lowest BCUT2D eigenvalue weighted by atomic mass is 9.88. The minimum Gasteiger partial charge on any atom is -0.436 e. The zero-order valence-corrected chi connectivity index (χ0v) is 7.82. The van der Waals surface area contributed by atoms with E-state index in [1.54, 1.807) is 16.1 Å². The Morgan fingerprint density at radius 2 is 1.00 bits per heavy atom. The third-order valence-electron chi connectivity index (χ3n) is 2.47. The van der Waals surface area contributed by atoms with Crippen molar-refractivity contribution in [1.29, 1.82) is 0 Å². The van der Waals surface area contributed by atoms with Crippen molar-refractivity contribution in [3.05, 3.63) is 0 Å². The fraction of sp³-hybridized carbons (Fsp3) is 1.00. The summed E-state index contributed by atoms with van der Waals surface area (Å²) in [4.78, 5) is 0. The number of rotatable bonds is 3. The Labute approximate surface area is 65.2 Å². The first-order valence-corrected chi connectivity index (χ1v) is 3.47. The quantitative estimate of drug-likeness (QED) is 0.502. The van der Waals surface area contributed by atoms with Crippen molar-refractivity contribution in [3.63, 3.8) is 0 Å². The molecule has 0 N–H and O–H groups in total. The zero-order chi connectivity index (χ0) is 8.41. The Morgan fingerprint density at radius 1 is 0.800 bits per heavy atom. The minimum atomic E-state index is -0.234. The average Bonchev–Trinajstić information content (AvgIpc) is 1.88. The summed E-state index contributed by atoms with van der Waals surface area (Å²) < 4.78 is 10.5. The SMILES string of the molecule is BOC(C)(C)C(C)(C)OB. The summed E-state index contributed by atoms with van der Waals surface area (Å²) in [5.41, 5.74) is -0.469. The molecule has 0 unspecified atom stereocenters. The van der Waals surface area contributed by atoms with E-state index in [0.29, 0.717) is 0 Å². The lowest BCUT2D eigenvalue weighted by Gasteiger charge is -2.40. The molecule has 2 nitrogen and oxygen atoms in total. The average molecular weight is 142 g/mol. The van der Waals surface area contributed by atoms with E-state index in [-0.39, 0.29) is 11.2 Å². The van der Waals surface area contributed by atoms with Crippen molar-refractivity contribution in [3.8, 4) is 0 Å². The van der Waals surface area contributed by atoms with Crippen molar-refractivity contribution in [2.45, 2.75) is 38.9 Å². The Balaban J connectivity index is 4.28. The van der Waals surface area contributed by atoms with Crippen LogP contribution < -0.4 is 0 Å². The van der Waals surface area contributed by atoms with Gasteiger partial charge in [0.25, 0.3) is 16.1 Å². The fourth-order valence-electron chi connectivity index (χ4n) is 0.492. The molecule has 0 saturated heterocycles. The molecule has 0 aliphatic carbocycles. The van der Waals surface area contributed by atoms with Crippen LogP contribution in [0.2, 0.25) is 0 Å². The summed E-state index contributed by atoms with van der Waals surface area (Å²) in [5, 5.41) is 0. The Morgan fingerprint density at radius 3 is 1.10 bits per heavy atom. The third-order valence-corrected chi connectivity index (χ3v) is 2.47. The number of hydrogen-bond acceptors (Lipinski definition) is 2. The van der Waals surface area contributed by atoms with Crippen molar-refractivity contribution in [1.82, 2.24) is 0 Å². The van der Waals surface area contributed by atoms with Gasteiger partial charge in [-0.3, -0.25) is 0 Å². The predicted molar refractivity (Wildman–Crippen MR) is 47.4 cm³/mol. The van der Waals surface area contributed by atoms with Crippen molar-refractivity contribution in [2.75, 3.05) is 0 Å². The number of hydrogen-bond donors (Lipinski definition) is 0. The molecule has 0 fully saturated rings. The first kappa shape index (κ1) is 10.0. The van der Waals surface area contributed by atoms with E-state index in [1.807, 2.05) is 27.7 Å². The van der Waals surface area contributed by atoms with Crippen molar-refractivity contribution < 1.29 is 9.31 Å². The summed E-state index contributed by atoms with van der Waals surface area (Å²) in [6, 6.07) is 0. The summed E-state index contributed by atoms with van der Waals surface area (Å²) in [5.74, 6) is 0. The molecule has 0 heterocycles. The molecule has 0 radical (unpaired) electrons. The second-order valence-corrected chi connectivity index (χ2v) is 3.43. The van der Waals surface area contributed by atoms with E-state index in [9.17, 15) is 0 Å². The molecule has 0 aliphatic heterocycles. The largest absolute Gasteiger partial charge is 0.436 e. The van der Waals surface area contributed by atoms with Crippen LogP contribution >= 0.6 is 0 Å². The molecule has 0 bridgehead atoms. The lowest BCUT2D eigenvalue weighted by Crippen LogP contribution is -2.48. The molecule has 4 heteroatoms. The van der Waals surface area contributed by atoms with Gasteiger partial charge in [0.2, 0.25) is 0 Å².